The number of nitrogens with one attached hydrogen (secondary N) is 1. The lowest BCUT2D eigenvalue weighted by molar-refractivity contribution is 0.200. The molecule has 0 bridgehead atoms. The maximum Gasteiger partial charge on any atom is 0.163 e. The Labute approximate surface area is 177 Å². The van der Waals surface area contributed by atoms with E-state index in [4.69, 9.17) is 21.1 Å². The highest BCUT2D eigenvalue weighted by Gasteiger charge is 2.23. The molecule has 0 radical (unpaired) electrons. The Kier molecular flexibility index (Phi) is 5.57. The van der Waals surface area contributed by atoms with Crippen LogP contribution in [-0.4, -0.2) is 48.2 Å². The number of hydrogen-bond donors (Lipinski definition) is 1. The van der Waals surface area contributed by atoms with Gasteiger partial charge in [0.2, 0.25) is 0 Å². The van der Waals surface area contributed by atoms with Gasteiger partial charge in [-0.25, -0.2) is 9.97 Å². The number of likely N-dealkylation sites (tertiary alicyclic amines) is 1. The third kappa shape index (κ3) is 4.01. The Morgan fingerprint density at radius 3 is 2.79 bits per heavy atom. The fraction of sp³-hybridized carbons (Fsp3) is 0.300. The molecule has 0 aliphatic carbocycles. The second kappa shape index (κ2) is 8.11. The fourth-order valence-electron chi connectivity index (χ4n) is 3.30. The maximum atomic E-state index is 6.20. The highest BCUT2D eigenvalue weighted by Crippen LogP contribution is 2.36. The summed E-state index contributed by atoms with van der Waals surface area (Å²) >= 11 is 9.60. The smallest absolute Gasteiger partial charge is 0.163 e. The van der Waals surface area contributed by atoms with Gasteiger partial charge in [-0.1, -0.05) is 11.6 Å². The predicted molar refractivity (Wildman–Crippen MR) is 115 cm³/mol. The summed E-state index contributed by atoms with van der Waals surface area (Å²) in [6, 6.07) is 9.47. The number of fused-ring (bicyclic) bond motifs is 1. The van der Waals surface area contributed by atoms with Crippen molar-refractivity contribution in [3.8, 4) is 11.5 Å². The number of anilines is 2. The van der Waals surface area contributed by atoms with Gasteiger partial charge in [0.1, 0.15) is 18.2 Å². The third-order valence-corrected chi connectivity index (χ3v) is 5.98. The van der Waals surface area contributed by atoms with Crippen LogP contribution < -0.4 is 14.8 Å². The molecule has 28 heavy (non-hydrogen) atoms. The Morgan fingerprint density at radius 2 is 2.07 bits per heavy atom. The molecule has 0 unspecified atom stereocenters. The average molecular weight is 464 g/mol. The molecule has 0 amide bonds. The van der Waals surface area contributed by atoms with Gasteiger partial charge >= 0.3 is 0 Å². The van der Waals surface area contributed by atoms with E-state index in [0.29, 0.717) is 22.3 Å². The first-order chi connectivity index (χ1) is 13.5. The molecule has 1 atom stereocenters. The van der Waals surface area contributed by atoms with Gasteiger partial charge in [-0.2, -0.15) is 0 Å². The summed E-state index contributed by atoms with van der Waals surface area (Å²) < 4.78 is 12.6. The number of aromatic nitrogens is 2. The van der Waals surface area contributed by atoms with Crippen molar-refractivity contribution in [2.75, 3.05) is 32.6 Å². The fourth-order valence-corrected chi connectivity index (χ4v) is 3.72. The maximum absolute atomic E-state index is 6.20. The molecule has 0 saturated carbocycles. The van der Waals surface area contributed by atoms with Crippen LogP contribution in [0.4, 0.5) is 11.5 Å². The Bertz CT molecular complexity index is 1020. The SMILES string of the molecule is COc1cc2c(Nc3ccc(Br)c(Cl)c3)ncnc2cc1O[C@@H]1CCN(C)C1. The molecular weight excluding hydrogens is 444 g/mol. The van der Waals surface area contributed by atoms with E-state index in [2.05, 4.69) is 43.2 Å². The van der Waals surface area contributed by atoms with Crippen molar-refractivity contribution in [1.29, 1.82) is 0 Å². The molecule has 6 nitrogen and oxygen atoms in total. The minimum atomic E-state index is 0.153. The predicted octanol–water partition coefficient (Wildman–Crippen LogP) is 4.88. The van der Waals surface area contributed by atoms with Crippen molar-refractivity contribution < 1.29 is 9.47 Å². The number of benzene rings is 2. The molecule has 1 aliphatic rings. The van der Waals surface area contributed by atoms with Gasteiger partial charge in [0, 0.05) is 34.7 Å². The van der Waals surface area contributed by atoms with Gasteiger partial charge in [-0.3, -0.25) is 0 Å². The van der Waals surface area contributed by atoms with E-state index in [9.17, 15) is 0 Å². The van der Waals surface area contributed by atoms with E-state index < -0.39 is 0 Å². The molecule has 1 aromatic heterocycles. The van der Waals surface area contributed by atoms with E-state index in [-0.39, 0.29) is 6.10 Å². The van der Waals surface area contributed by atoms with Gasteiger partial charge < -0.3 is 19.7 Å². The first kappa shape index (κ1) is 19.2. The lowest BCUT2D eigenvalue weighted by atomic mass is 10.2. The van der Waals surface area contributed by atoms with Crippen LogP contribution in [0.5, 0.6) is 11.5 Å². The minimum absolute atomic E-state index is 0.153. The molecule has 2 aromatic carbocycles. The molecule has 1 N–H and O–H groups in total. The van der Waals surface area contributed by atoms with E-state index in [1.165, 1.54) is 6.33 Å². The Balaban J connectivity index is 1.68. The topological polar surface area (TPSA) is 59.5 Å². The summed E-state index contributed by atoms with van der Waals surface area (Å²) in [6.07, 6.45) is 2.68. The zero-order valence-electron chi connectivity index (χ0n) is 15.6. The van der Waals surface area contributed by atoms with Crippen molar-refractivity contribution in [2.45, 2.75) is 12.5 Å². The normalized spacial score (nSPS) is 17.1. The number of nitrogens with zero attached hydrogens (tertiary/aromatic N) is 3. The quantitative estimate of drug-likeness (QED) is 0.582. The average Bonchev–Trinajstić information content (AvgIpc) is 3.09. The first-order valence-electron chi connectivity index (χ1n) is 8.93. The molecule has 0 spiro atoms. The highest BCUT2D eigenvalue weighted by molar-refractivity contribution is 9.10. The zero-order chi connectivity index (χ0) is 19.7. The number of rotatable bonds is 5. The monoisotopic (exact) mass is 462 g/mol. The molecule has 1 saturated heterocycles. The molecule has 1 fully saturated rings. The molecule has 8 heteroatoms. The largest absolute Gasteiger partial charge is 0.493 e. The van der Waals surface area contributed by atoms with Crippen molar-refractivity contribution >= 4 is 49.9 Å². The summed E-state index contributed by atoms with van der Waals surface area (Å²) in [4.78, 5) is 11.1. The number of methoxy groups -OCH3 is 1. The summed E-state index contributed by atoms with van der Waals surface area (Å²) in [5, 5.41) is 4.77. The van der Waals surface area contributed by atoms with Gasteiger partial charge in [0.15, 0.2) is 11.5 Å². The van der Waals surface area contributed by atoms with Crippen LogP contribution in [0.25, 0.3) is 10.9 Å². The minimum Gasteiger partial charge on any atom is -0.493 e. The van der Waals surface area contributed by atoms with Crippen LogP contribution in [-0.2, 0) is 0 Å². The number of hydrogen-bond acceptors (Lipinski definition) is 6. The number of halogens is 2. The molecule has 3 aromatic rings. The molecule has 2 heterocycles. The van der Waals surface area contributed by atoms with Crippen LogP contribution >= 0.6 is 27.5 Å². The first-order valence-corrected chi connectivity index (χ1v) is 10.1. The summed E-state index contributed by atoms with van der Waals surface area (Å²) in [7, 11) is 3.74. The zero-order valence-corrected chi connectivity index (χ0v) is 17.9. The molecule has 146 valence electrons. The standard InChI is InChI=1S/C20H20BrClN4O2/c1-26-6-5-13(10-26)28-19-9-17-14(8-18(19)27-2)20(24-11-23-17)25-12-3-4-15(21)16(22)7-12/h3-4,7-9,11,13H,5-6,10H2,1-2H3,(H,23,24,25)/t13-/m1/s1. The van der Waals surface area contributed by atoms with Crippen molar-refractivity contribution in [2.24, 2.45) is 0 Å². The van der Waals surface area contributed by atoms with Gasteiger partial charge in [-0.15, -0.1) is 0 Å². The van der Waals surface area contributed by atoms with Gasteiger partial charge in [0.05, 0.1) is 17.6 Å². The Morgan fingerprint density at radius 1 is 1.21 bits per heavy atom. The summed E-state index contributed by atoms with van der Waals surface area (Å²) in [5.74, 6) is 2.04. The van der Waals surface area contributed by atoms with Crippen LogP contribution in [0.1, 0.15) is 6.42 Å². The summed E-state index contributed by atoms with van der Waals surface area (Å²) in [5.41, 5.74) is 1.62. The second-order valence-electron chi connectivity index (χ2n) is 6.79. The van der Waals surface area contributed by atoms with E-state index in [0.717, 1.165) is 40.6 Å². The number of ether oxygens (including phenoxy) is 2. The van der Waals surface area contributed by atoms with E-state index >= 15 is 0 Å². The summed E-state index contributed by atoms with van der Waals surface area (Å²) in [6.45, 7) is 1.94. The van der Waals surface area contributed by atoms with Crippen molar-refractivity contribution in [1.82, 2.24) is 14.9 Å². The van der Waals surface area contributed by atoms with Crippen molar-refractivity contribution in [3.05, 3.63) is 46.2 Å². The second-order valence-corrected chi connectivity index (χ2v) is 8.05. The highest BCUT2D eigenvalue weighted by atomic mass is 79.9. The molecule has 4 rings (SSSR count). The lowest BCUT2D eigenvalue weighted by Gasteiger charge is -2.17. The number of likely N-dealkylation sites (N-methyl/N-ethyl adjacent to an activating group) is 1. The Hall–Kier alpha value is -2.09. The van der Waals surface area contributed by atoms with Crippen LogP contribution in [0.3, 0.4) is 0 Å². The van der Waals surface area contributed by atoms with Gasteiger partial charge in [-0.05, 0) is 53.7 Å². The molecular formula is C20H20BrClN4O2. The van der Waals surface area contributed by atoms with Gasteiger partial charge in [0.25, 0.3) is 0 Å². The van der Waals surface area contributed by atoms with E-state index in [1.54, 1.807) is 7.11 Å². The van der Waals surface area contributed by atoms with Crippen LogP contribution in [0.2, 0.25) is 5.02 Å². The lowest BCUT2D eigenvalue weighted by Crippen LogP contribution is -2.21. The van der Waals surface area contributed by atoms with E-state index in [1.807, 2.05) is 30.3 Å². The van der Waals surface area contributed by atoms with Crippen LogP contribution in [0, 0.1) is 0 Å². The molecule has 1 aliphatic heterocycles. The third-order valence-electron chi connectivity index (χ3n) is 4.74. The van der Waals surface area contributed by atoms with Crippen LogP contribution in [0.15, 0.2) is 41.1 Å². The van der Waals surface area contributed by atoms with Crippen molar-refractivity contribution in [3.63, 3.8) is 0 Å².